The first-order chi connectivity index (χ1) is 11.7. The first-order valence-electron chi connectivity index (χ1n) is 8.02. The molecule has 2 aromatic rings. The van der Waals surface area contributed by atoms with E-state index in [2.05, 4.69) is 5.16 Å². The van der Waals surface area contributed by atoms with Crippen molar-refractivity contribution in [1.82, 2.24) is 10.1 Å². The summed E-state index contributed by atoms with van der Waals surface area (Å²) in [6.07, 6.45) is 1.34. The molecule has 1 aromatic heterocycles. The number of benzene rings is 1. The third kappa shape index (κ3) is 3.54. The quantitative estimate of drug-likeness (QED) is 0.789. The zero-order valence-electron chi connectivity index (χ0n) is 13.6. The van der Waals surface area contributed by atoms with Gasteiger partial charge in [0.25, 0.3) is 5.91 Å². The van der Waals surface area contributed by atoms with Crippen LogP contribution < -0.4 is 0 Å². The average molecular weight is 328 g/mol. The van der Waals surface area contributed by atoms with Crippen molar-refractivity contribution in [2.75, 3.05) is 20.2 Å². The summed E-state index contributed by atoms with van der Waals surface area (Å²) in [6.45, 7) is 1.39. The number of Topliss-reactive ketones (excluding diaryl/α,β-unsaturated/α-hetero) is 1. The van der Waals surface area contributed by atoms with Crippen LogP contribution in [-0.4, -0.2) is 41.9 Å². The van der Waals surface area contributed by atoms with Crippen molar-refractivity contribution < 1.29 is 18.8 Å². The molecule has 24 heavy (non-hydrogen) atoms. The third-order valence-electron chi connectivity index (χ3n) is 4.28. The average Bonchev–Trinajstić information content (AvgIpc) is 3.10. The van der Waals surface area contributed by atoms with Crippen LogP contribution in [0.5, 0.6) is 0 Å². The van der Waals surface area contributed by atoms with E-state index in [0.717, 1.165) is 5.56 Å². The number of carbonyl (C=O) groups excluding carboxylic acids is 2. The molecule has 6 nitrogen and oxygen atoms in total. The molecule has 126 valence electrons. The molecule has 0 atom stereocenters. The van der Waals surface area contributed by atoms with Crippen LogP contribution in [0.1, 0.15) is 39.4 Å². The summed E-state index contributed by atoms with van der Waals surface area (Å²) in [4.78, 5) is 26.6. The molecule has 1 fully saturated rings. The van der Waals surface area contributed by atoms with E-state index >= 15 is 0 Å². The lowest BCUT2D eigenvalue weighted by molar-refractivity contribution is 0.0641. The summed E-state index contributed by atoms with van der Waals surface area (Å²) in [6, 6.07) is 10.9. The number of amides is 1. The van der Waals surface area contributed by atoms with Gasteiger partial charge < -0.3 is 14.2 Å². The van der Waals surface area contributed by atoms with Gasteiger partial charge in [0.05, 0.1) is 0 Å². The van der Waals surface area contributed by atoms with Crippen molar-refractivity contribution in [3.63, 3.8) is 0 Å². The van der Waals surface area contributed by atoms with Crippen LogP contribution in [-0.2, 0) is 11.3 Å². The number of piperidine rings is 1. The fraction of sp³-hybridized carbons (Fsp3) is 0.389. The second-order valence-electron chi connectivity index (χ2n) is 5.91. The minimum absolute atomic E-state index is 0.0298. The van der Waals surface area contributed by atoms with E-state index in [-0.39, 0.29) is 29.9 Å². The Labute approximate surface area is 140 Å². The summed E-state index contributed by atoms with van der Waals surface area (Å²) >= 11 is 0. The highest BCUT2D eigenvalue weighted by Gasteiger charge is 2.29. The minimum Gasteiger partial charge on any atom is -0.377 e. The number of methoxy groups -OCH3 is 1. The van der Waals surface area contributed by atoms with Crippen LogP contribution in [0.2, 0.25) is 0 Å². The minimum atomic E-state index is -0.160. The molecule has 6 heteroatoms. The molecule has 1 aliphatic rings. The molecule has 1 aromatic carbocycles. The molecule has 1 aliphatic heterocycles. The Bertz CT molecular complexity index is 703. The Morgan fingerprint density at radius 3 is 2.62 bits per heavy atom. The van der Waals surface area contributed by atoms with Crippen molar-refractivity contribution in [1.29, 1.82) is 0 Å². The monoisotopic (exact) mass is 328 g/mol. The van der Waals surface area contributed by atoms with Gasteiger partial charge in [-0.1, -0.05) is 35.5 Å². The Morgan fingerprint density at radius 2 is 1.96 bits per heavy atom. The summed E-state index contributed by atoms with van der Waals surface area (Å²) < 4.78 is 10.0. The van der Waals surface area contributed by atoms with Gasteiger partial charge in [0.2, 0.25) is 0 Å². The lowest BCUT2D eigenvalue weighted by atomic mass is 9.89. The molecule has 0 spiro atoms. The fourth-order valence-electron chi connectivity index (χ4n) is 2.97. The van der Waals surface area contributed by atoms with Gasteiger partial charge in [0.15, 0.2) is 17.2 Å². The number of carbonyl (C=O) groups is 2. The molecular weight excluding hydrogens is 308 g/mol. The van der Waals surface area contributed by atoms with E-state index < -0.39 is 0 Å². The van der Waals surface area contributed by atoms with Gasteiger partial charge in [0, 0.05) is 37.7 Å². The van der Waals surface area contributed by atoms with E-state index in [1.54, 1.807) is 18.1 Å². The topological polar surface area (TPSA) is 72.6 Å². The molecule has 0 saturated carbocycles. The van der Waals surface area contributed by atoms with Crippen LogP contribution in [0.3, 0.4) is 0 Å². The summed E-state index contributed by atoms with van der Waals surface area (Å²) in [5.41, 5.74) is 1.03. The summed E-state index contributed by atoms with van der Waals surface area (Å²) in [5, 5.41) is 3.80. The van der Waals surface area contributed by atoms with Gasteiger partial charge in [-0.3, -0.25) is 9.59 Å². The second kappa shape index (κ2) is 7.40. The number of ether oxygens (including phenoxy) is 1. The Hall–Kier alpha value is -2.47. The normalized spacial score (nSPS) is 15.5. The van der Waals surface area contributed by atoms with Crippen molar-refractivity contribution in [3.8, 4) is 0 Å². The number of nitrogens with zero attached hydrogens (tertiary/aromatic N) is 2. The van der Waals surface area contributed by atoms with Gasteiger partial charge in [0.1, 0.15) is 6.61 Å². The van der Waals surface area contributed by atoms with Gasteiger partial charge in [-0.05, 0) is 12.8 Å². The highest BCUT2D eigenvalue weighted by Crippen LogP contribution is 2.23. The standard InChI is InChI=1S/C18H20N2O4/c1-23-12-15-11-16(19-24-15)18(22)20-9-7-14(8-10-20)17(21)13-5-3-2-4-6-13/h2-6,11,14H,7-10,12H2,1H3. The summed E-state index contributed by atoms with van der Waals surface area (Å²) in [7, 11) is 1.55. The largest absolute Gasteiger partial charge is 0.377 e. The van der Waals surface area contributed by atoms with E-state index in [1.807, 2.05) is 30.3 Å². The number of aromatic nitrogens is 1. The highest BCUT2D eigenvalue weighted by molar-refractivity contribution is 5.98. The van der Waals surface area contributed by atoms with Crippen molar-refractivity contribution in [3.05, 3.63) is 53.4 Å². The van der Waals surface area contributed by atoms with E-state index in [1.165, 1.54) is 0 Å². The van der Waals surface area contributed by atoms with Crippen LogP contribution in [0.4, 0.5) is 0 Å². The highest BCUT2D eigenvalue weighted by atomic mass is 16.5. The lowest BCUT2D eigenvalue weighted by Gasteiger charge is -2.30. The van der Waals surface area contributed by atoms with Crippen LogP contribution in [0, 0.1) is 5.92 Å². The Morgan fingerprint density at radius 1 is 1.25 bits per heavy atom. The molecule has 2 heterocycles. The smallest absolute Gasteiger partial charge is 0.276 e. The number of ketones is 1. The SMILES string of the molecule is COCc1cc(C(=O)N2CCC(C(=O)c3ccccc3)CC2)no1. The maximum Gasteiger partial charge on any atom is 0.276 e. The van der Waals surface area contributed by atoms with Gasteiger partial charge in [-0.15, -0.1) is 0 Å². The van der Waals surface area contributed by atoms with Crippen LogP contribution in [0.25, 0.3) is 0 Å². The maximum atomic E-state index is 12.5. The molecule has 0 aliphatic carbocycles. The molecule has 0 bridgehead atoms. The zero-order valence-corrected chi connectivity index (χ0v) is 13.6. The van der Waals surface area contributed by atoms with Crippen molar-refractivity contribution in [2.45, 2.75) is 19.4 Å². The number of hydrogen-bond donors (Lipinski definition) is 0. The Kier molecular flexibility index (Phi) is 5.05. The van der Waals surface area contributed by atoms with E-state index in [0.29, 0.717) is 31.7 Å². The third-order valence-corrected chi connectivity index (χ3v) is 4.28. The first-order valence-corrected chi connectivity index (χ1v) is 8.02. The predicted molar refractivity (Wildman–Crippen MR) is 86.6 cm³/mol. The predicted octanol–water partition coefficient (Wildman–Crippen LogP) is 2.56. The molecule has 0 N–H and O–H groups in total. The van der Waals surface area contributed by atoms with Gasteiger partial charge in [-0.25, -0.2) is 0 Å². The molecule has 0 radical (unpaired) electrons. The Balaban J connectivity index is 1.58. The lowest BCUT2D eigenvalue weighted by Crippen LogP contribution is -2.40. The zero-order chi connectivity index (χ0) is 16.9. The molecular formula is C18H20N2O4. The molecule has 1 saturated heterocycles. The molecule has 3 rings (SSSR count). The van der Waals surface area contributed by atoms with Gasteiger partial charge in [-0.2, -0.15) is 0 Å². The van der Waals surface area contributed by atoms with E-state index in [4.69, 9.17) is 9.26 Å². The molecule has 0 unspecified atom stereocenters. The van der Waals surface area contributed by atoms with Crippen molar-refractivity contribution in [2.24, 2.45) is 5.92 Å². The van der Waals surface area contributed by atoms with Crippen LogP contribution >= 0.6 is 0 Å². The number of likely N-dealkylation sites (tertiary alicyclic amines) is 1. The van der Waals surface area contributed by atoms with Crippen LogP contribution in [0.15, 0.2) is 40.9 Å². The fourth-order valence-corrected chi connectivity index (χ4v) is 2.97. The number of rotatable bonds is 5. The maximum absolute atomic E-state index is 12.5. The van der Waals surface area contributed by atoms with E-state index in [9.17, 15) is 9.59 Å². The first kappa shape index (κ1) is 16.4. The summed E-state index contributed by atoms with van der Waals surface area (Å²) in [5.74, 6) is 0.492. The number of hydrogen-bond acceptors (Lipinski definition) is 5. The van der Waals surface area contributed by atoms with Crippen molar-refractivity contribution >= 4 is 11.7 Å². The van der Waals surface area contributed by atoms with Gasteiger partial charge >= 0.3 is 0 Å². The second-order valence-corrected chi connectivity index (χ2v) is 5.91. The molecule has 1 amide bonds.